The number of hydrogen-bond donors (Lipinski definition) is 1. The number of benzene rings is 2. The molecule has 0 aliphatic carbocycles. The lowest BCUT2D eigenvalue weighted by atomic mass is 10.1. The first-order chi connectivity index (χ1) is 12.1. The molecule has 132 valence electrons. The average molecular weight is 358 g/mol. The van der Waals surface area contributed by atoms with E-state index in [9.17, 15) is 4.79 Å². The van der Waals surface area contributed by atoms with Crippen LogP contribution in [-0.2, 0) is 6.42 Å². The first-order valence-corrected chi connectivity index (χ1v) is 9.08. The van der Waals surface area contributed by atoms with E-state index >= 15 is 0 Å². The Morgan fingerprint density at radius 2 is 1.84 bits per heavy atom. The highest BCUT2D eigenvalue weighted by molar-refractivity contribution is 6.30. The predicted molar refractivity (Wildman–Crippen MR) is 103 cm³/mol. The van der Waals surface area contributed by atoms with Crippen LogP contribution in [0.5, 0.6) is 0 Å². The molecule has 4 nitrogen and oxygen atoms in total. The van der Waals surface area contributed by atoms with Crippen LogP contribution in [0.3, 0.4) is 0 Å². The SMILES string of the molecule is Cc1ccccc1NC(=O)N1CCN(CCc2cccc(Cl)c2)CC1. The number of para-hydroxylation sites is 1. The molecular formula is C20H24ClN3O. The number of carbonyl (C=O) groups excluding carboxylic acids is 1. The maximum atomic E-state index is 12.4. The van der Waals surface area contributed by atoms with Gasteiger partial charge in [-0.15, -0.1) is 0 Å². The number of urea groups is 1. The van der Waals surface area contributed by atoms with Gasteiger partial charge >= 0.3 is 6.03 Å². The molecule has 0 atom stereocenters. The molecule has 0 spiro atoms. The Morgan fingerprint density at radius 3 is 2.56 bits per heavy atom. The van der Waals surface area contributed by atoms with E-state index in [0.717, 1.165) is 55.4 Å². The Hall–Kier alpha value is -2.04. The standard InChI is InChI=1S/C20H24ClN3O/c1-16-5-2-3-8-19(16)22-20(25)24-13-11-23(12-14-24)10-9-17-6-4-7-18(21)15-17/h2-8,15H,9-14H2,1H3,(H,22,25). The van der Waals surface area contributed by atoms with Crippen LogP contribution in [0.25, 0.3) is 0 Å². The molecule has 25 heavy (non-hydrogen) atoms. The lowest BCUT2D eigenvalue weighted by molar-refractivity contribution is 0.148. The number of anilines is 1. The second-order valence-electron chi connectivity index (χ2n) is 6.45. The maximum Gasteiger partial charge on any atom is 0.321 e. The largest absolute Gasteiger partial charge is 0.322 e. The van der Waals surface area contributed by atoms with E-state index in [2.05, 4.69) is 16.3 Å². The van der Waals surface area contributed by atoms with Gasteiger partial charge in [0.2, 0.25) is 0 Å². The summed E-state index contributed by atoms with van der Waals surface area (Å²) in [7, 11) is 0. The van der Waals surface area contributed by atoms with Gasteiger partial charge in [-0.1, -0.05) is 41.9 Å². The number of carbonyl (C=O) groups is 1. The number of piperazine rings is 1. The molecule has 0 radical (unpaired) electrons. The van der Waals surface area contributed by atoms with E-state index in [4.69, 9.17) is 11.6 Å². The first kappa shape index (κ1) is 17.8. The van der Waals surface area contributed by atoms with Crippen molar-refractivity contribution in [3.05, 3.63) is 64.7 Å². The molecular weight excluding hydrogens is 334 g/mol. The highest BCUT2D eigenvalue weighted by atomic mass is 35.5. The van der Waals surface area contributed by atoms with Crippen LogP contribution in [-0.4, -0.2) is 48.6 Å². The van der Waals surface area contributed by atoms with Crippen LogP contribution in [0.1, 0.15) is 11.1 Å². The van der Waals surface area contributed by atoms with E-state index < -0.39 is 0 Å². The number of rotatable bonds is 4. The van der Waals surface area contributed by atoms with Gasteiger partial charge in [0.15, 0.2) is 0 Å². The van der Waals surface area contributed by atoms with Crippen LogP contribution in [0.15, 0.2) is 48.5 Å². The third-order valence-corrected chi connectivity index (χ3v) is 4.89. The van der Waals surface area contributed by atoms with Crippen molar-refractivity contribution in [3.63, 3.8) is 0 Å². The molecule has 2 aromatic carbocycles. The van der Waals surface area contributed by atoms with Gasteiger partial charge < -0.3 is 10.2 Å². The van der Waals surface area contributed by atoms with Gasteiger partial charge in [0.1, 0.15) is 0 Å². The number of aryl methyl sites for hydroxylation is 1. The second kappa shape index (κ2) is 8.37. The molecule has 0 bridgehead atoms. The van der Waals surface area contributed by atoms with Crippen LogP contribution in [0.2, 0.25) is 5.02 Å². The minimum absolute atomic E-state index is 0.0104. The molecule has 0 aromatic heterocycles. The van der Waals surface area contributed by atoms with Gasteiger partial charge in [-0.2, -0.15) is 0 Å². The van der Waals surface area contributed by atoms with Crippen LogP contribution in [0, 0.1) is 6.92 Å². The van der Waals surface area contributed by atoms with Crippen molar-refractivity contribution in [3.8, 4) is 0 Å². The highest BCUT2D eigenvalue weighted by Gasteiger charge is 2.21. The summed E-state index contributed by atoms with van der Waals surface area (Å²) in [5, 5.41) is 3.80. The maximum absolute atomic E-state index is 12.4. The van der Waals surface area contributed by atoms with Gasteiger partial charge in [0.05, 0.1) is 0 Å². The van der Waals surface area contributed by atoms with E-state index in [1.165, 1.54) is 5.56 Å². The van der Waals surface area contributed by atoms with Gasteiger partial charge in [0, 0.05) is 43.4 Å². The lowest BCUT2D eigenvalue weighted by Crippen LogP contribution is -2.50. The minimum Gasteiger partial charge on any atom is -0.322 e. The molecule has 0 saturated carbocycles. The summed E-state index contributed by atoms with van der Waals surface area (Å²) in [4.78, 5) is 16.7. The van der Waals surface area contributed by atoms with Gasteiger partial charge in [-0.05, 0) is 42.7 Å². The Kier molecular flexibility index (Phi) is 5.95. The molecule has 1 N–H and O–H groups in total. The topological polar surface area (TPSA) is 35.6 Å². The van der Waals surface area contributed by atoms with Gasteiger partial charge in [-0.3, -0.25) is 4.90 Å². The van der Waals surface area contributed by atoms with E-state index in [-0.39, 0.29) is 6.03 Å². The van der Waals surface area contributed by atoms with E-state index in [1.54, 1.807) is 0 Å². The number of halogens is 1. The number of amides is 2. The molecule has 1 aliphatic rings. The zero-order valence-electron chi connectivity index (χ0n) is 14.5. The first-order valence-electron chi connectivity index (χ1n) is 8.70. The molecule has 2 aromatic rings. The van der Waals surface area contributed by atoms with E-state index in [1.807, 2.05) is 54.3 Å². The zero-order chi connectivity index (χ0) is 17.6. The van der Waals surface area contributed by atoms with Crippen molar-refractivity contribution in [2.24, 2.45) is 0 Å². The second-order valence-corrected chi connectivity index (χ2v) is 6.89. The quantitative estimate of drug-likeness (QED) is 0.896. The van der Waals surface area contributed by atoms with Crippen molar-refractivity contribution in [2.45, 2.75) is 13.3 Å². The smallest absolute Gasteiger partial charge is 0.321 e. The summed E-state index contributed by atoms with van der Waals surface area (Å²) < 4.78 is 0. The normalized spacial score (nSPS) is 15.2. The molecule has 3 rings (SSSR count). The summed E-state index contributed by atoms with van der Waals surface area (Å²) in [5.41, 5.74) is 3.22. The van der Waals surface area contributed by atoms with Crippen molar-refractivity contribution in [1.82, 2.24) is 9.80 Å². The summed E-state index contributed by atoms with van der Waals surface area (Å²) in [5.74, 6) is 0. The zero-order valence-corrected chi connectivity index (χ0v) is 15.3. The van der Waals surface area contributed by atoms with Crippen LogP contribution < -0.4 is 5.32 Å². The van der Waals surface area contributed by atoms with Crippen LogP contribution >= 0.6 is 11.6 Å². The fourth-order valence-corrected chi connectivity index (χ4v) is 3.27. The molecule has 1 heterocycles. The fraction of sp³-hybridized carbons (Fsp3) is 0.350. The Bertz CT molecular complexity index is 726. The molecule has 1 fully saturated rings. The fourth-order valence-electron chi connectivity index (χ4n) is 3.06. The van der Waals surface area contributed by atoms with Crippen molar-refractivity contribution in [2.75, 3.05) is 38.0 Å². The van der Waals surface area contributed by atoms with Crippen LogP contribution in [0.4, 0.5) is 10.5 Å². The highest BCUT2D eigenvalue weighted by Crippen LogP contribution is 2.15. The summed E-state index contributed by atoms with van der Waals surface area (Å²) in [6, 6.07) is 15.9. The number of nitrogens with one attached hydrogen (secondary N) is 1. The summed E-state index contributed by atoms with van der Waals surface area (Å²) in [6.45, 7) is 6.32. The van der Waals surface area contributed by atoms with Gasteiger partial charge in [-0.25, -0.2) is 4.79 Å². The lowest BCUT2D eigenvalue weighted by Gasteiger charge is -2.34. The number of nitrogens with zero attached hydrogens (tertiary/aromatic N) is 2. The predicted octanol–water partition coefficient (Wildman–Crippen LogP) is 4.04. The molecule has 5 heteroatoms. The molecule has 1 saturated heterocycles. The van der Waals surface area contributed by atoms with Crippen molar-refractivity contribution >= 4 is 23.3 Å². The van der Waals surface area contributed by atoms with E-state index in [0.29, 0.717) is 0 Å². The monoisotopic (exact) mass is 357 g/mol. The third kappa shape index (κ3) is 4.97. The Balaban J connectivity index is 1.45. The number of hydrogen-bond acceptors (Lipinski definition) is 2. The third-order valence-electron chi connectivity index (χ3n) is 4.65. The minimum atomic E-state index is -0.0104. The Labute approximate surface area is 154 Å². The van der Waals surface area contributed by atoms with Crippen molar-refractivity contribution < 1.29 is 4.79 Å². The average Bonchev–Trinajstić information content (AvgIpc) is 2.62. The Morgan fingerprint density at radius 1 is 1.08 bits per heavy atom. The van der Waals surface area contributed by atoms with Crippen molar-refractivity contribution in [1.29, 1.82) is 0 Å². The molecule has 0 unspecified atom stereocenters. The summed E-state index contributed by atoms with van der Waals surface area (Å²) >= 11 is 6.03. The summed E-state index contributed by atoms with van der Waals surface area (Å²) in [6.07, 6.45) is 0.982. The molecule has 1 aliphatic heterocycles. The molecule has 2 amide bonds. The van der Waals surface area contributed by atoms with Gasteiger partial charge in [0.25, 0.3) is 0 Å².